The third kappa shape index (κ3) is 3.46. The fraction of sp³-hybridized carbons (Fsp3) is 0.375. The van der Waals surface area contributed by atoms with Crippen LogP contribution in [0.15, 0.2) is 58.1 Å². The van der Waals surface area contributed by atoms with E-state index in [4.69, 9.17) is 4.74 Å². The summed E-state index contributed by atoms with van der Waals surface area (Å²) in [5, 5.41) is 6.15. The van der Waals surface area contributed by atoms with E-state index in [0.29, 0.717) is 28.4 Å². The van der Waals surface area contributed by atoms with Gasteiger partial charge >= 0.3 is 5.25 Å². The molecule has 7 heteroatoms. The van der Waals surface area contributed by atoms with E-state index in [1.54, 1.807) is 18.2 Å². The second-order valence-corrected chi connectivity index (χ2v) is 7.64. The highest BCUT2D eigenvalue weighted by molar-refractivity contribution is 9.11. The Bertz CT molecular complexity index is 652. The standard InChI is InChI=1S/C16H14BrF3O2S/c17-14-11(22-8-9-3-1-2-4-10(18)7-9)5-6-12-13(14)15(21)16(19,20)23-12/h1-2,4-7,12-13,15,21H,3,8H2. The second-order valence-electron chi connectivity index (χ2n) is 5.46. The fourth-order valence-electron chi connectivity index (χ4n) is 2.65. The first-order valence-electron chi connectivity index (χ1n) is 7.04. The summed E-state index contributed by atoms with van der Waals surface area (Å²) < 4.78 is 46.7. The van der Waals surface area contributed by atoms with Crippen molar-refractivity contribution in [2.24, 2.45) is 5.92 Å². The molecule has 3 unspecified atom stereocenters. The fourth-order valence-corrected chi connectivity index (χ4v) is 4.84. The van der Waals surface area contributed by atoms with Gasteiger partial charge in [0.05, 0.1) is 0 Å². The van der Waals surface area contributed by atoms with Crippen molar-refractivity contribution in [3.8, 4) is 0 Å². The van der Waals surface area contributed by atoms with Gasteiger partial charge in [-0.15, -0.1) is 0 Å². The number of allylic oxidation sites excluding steroid dienone is 6. The van der Waals surface area contributed by atoms with Crippen molar-refractivity contribution in [1.82, 2.24) is 0 Å². The summed E-state index contributed by atoms with van der Waals surface area (Å²) in [6.07, 6.45) is 8.23. The average molecular weight is 407 g/mol. The van der Waals surface area contributed by atoms with Crippen LogP contribution in [-0.4, -0.2) is 28.3 Å². The lowest BCUT2D eigenvalue weighted by Gasteiger charge is -2.24. The maximum absolute atomic E-state index is 13.6. The van der Waals surface area contributed by atoms with E-state index in [-0.39, 0.29) is 12.4 Å². The van der Waals surface area contributed by atoms with Gasteiger partial charge in [0.25, 0.3) is 0 Å². The van der Waals surface area contributed by atoms with E-state index in [9.17, 15) is 18.3 Å². The van der Waals surface area contributed by atoms with Gasteiger partial charge in [-0.3, -0.25) is 0 Å². The lowest BCUT2D eigenvalue weighted by molar-refractivity contribution is -0.0425. The van der Waals surface area contributed by atoms with Crippen molar-refractivity contribution in [3.05, 3.63) is 58.1 Å². The number of aliphatic hydroxyl groups is 1. The van der Waals surface area contributed by atoms with Crippen LogP contribution in [0.3, 0.4) is 0 Å². The second kappa shape index (κ2) is 6.53. The summed E-state index contributed by atoms with van der Waals surface area (Å²) in [6, 6.07) is 0. The van der Waals surface area contributed by atoms with Gasteiger partial charge in [0.15, 0.2) is 0 Å². The van der Waals surface area contributed by atoms with Crippen molar-refractivity contribution in [2.75, 3.05) is 6.61 Å². The van der Waals surface area contributed by atoms with Crippen LogP contribution in [0.1, 0.15) is 6.42 Å². The molecule has 3 rings (SSSR count). The molecule has 3 atom stereocenters. The number of halogens is 4. The Balaban J connectivity index is 1.73. The largest absolute Gasteiger partial charge is 0.488 e. The normalized spacial score (nSPS) is 32.3. The zero-order valence-electron chi connectivity index (χ0n) is 11.9. The van der Waals surface area contributed by atoms with Crippen molar-refractivity contribution in [2.45, 2.75) is 23.0 Å². The Hall–Kier alpha value is -0.920. The van der Waals surface area contributed by atoms with Crippen LogP contribution < -0.4 is 0 Å². The quantitative estimate of drug-likeness (QED) is 0.742. The SMILES string of the molecule is OC1C2C(Br)=C(OCC3=CC(F)=CC=CC3)C=CC2SC1(F)F. The zero-order valence-corrected chi connectivity index (χ0v) is 14.3. The molecule has 124 valence electrons. The van der Waals surface area contributed by atoms with Crippen LogP contribution in [0.2, 0.25) is 0 Å². The topological polar surface area (TPSA) is 29.5 Å². The smallest absolute Gasteiger partial charge is 0.320 e. The Labute approximate surface area is 144 Å². The summed E-state index contributed by atoms with van der Waals surface area (Å²) in [5.41, 5.74) is 0.738. The molecule has 2 nitrogen and oxygen atoms in total. The van der Waals surface area contributed by atoms with Gasteiger partial charge in [-0.05, 0) is 30.2 Å². The number of fused-ring (bicyclic) bond motifs is 1. The molecular weight excluding hydrogens is 393 g/mol. The molecule has 3 aliphatic rings. The highest BCUT2D eigenvalue weighted by Gasteiger charge is 2.57. The van der Waals surface area contributed by atoms with Crippen LogP contribution in [0, 0.1) is 5.92 Å². The highest BCUT2D eigenvalue weighted by Crippen LogP contribution is 2.55. The van der Waals surface area contributed by atoms with Crippen LogP contribution in [0.5, 0.6) is 0 Å². The Morgan fingerprint density at radius 2 is 2.22 bits per heavy atom. The van der Waals surface area contributed by atoms with Crippen LogP contribution in [-0.2, 0) is 4.74 Å². The molecule has 0 bridgehead atoms. The molecule has 1 saturated heterocycles. The van der Waals surface area contributed by atoms with Gasteiger partial charge in [0.1, 0.15) is 24.3 Å². The molecule has 1 aliphatic heterocycles. The summed E-state index contributed by atoms with van der Waals surface area (Å²) in [4.78, 5) is 0. The molecule has 1 fully saturated rings. The number of hydrogen-bond donors (Lipinski definition) is 1. The molecule has 1 heterocycles. The number of ether oxygens (including phenoxy) is 1. The van der Waals surface area contributed by atoms with Crippen molar-refractivity contribution < 1.29 is 23.0 Å². The molecule has 23 heavy (non-hydrogen) atoms. The molecule has 0 saturated carbocycles. The van der Waals surface area contributed by atoms with E-state index in [1.165, 1.54) is 12.2 Å². The molecule has 0 radical (unpaired) electrons. The molecule has 0 aromatic carbocycles. The predicted octanol–water partition coefficient (Wildman–Crippen LogP) is 4.60. The maximum atomic E-state index is 13.6. The molecular formula is C16H14BrF3O2S. The first kappa shape index (κ1) is 16.9. The van der Waals surface area contributed by atoms with Crippen molar-refractivity contribution in [1.29, 1.82) is 0 Å². The Morgan fingerprint density at radius 3 is 3.00 bits per heavy atom. The zero-order chi connectivity index (χ0) is 16.6. The third-order valence-electron chi connectivity index (χ3n) is 3.82. The van der Waals surface area contributed by atoms with E-state index >= 15 is 0 Å². The summed E-state index contributed by atoms with van der Waals surface area (Å²) in [6.45, 7) is 0.150. The van der Waals surface area contributed by atoms with E-state index in [2.05, 4.69) is 15.9 Å². The summed E-state index contributed by atoms with van der Waals surface area (Å²) >= 11 is 3.73. The average Bonchev–Trinajstić information content (AvgIpc) is 2.63. The van der Waals surface area contributed by atoms with Crippen LogP contribution in [0.25, 0.3) is 0 Å². The molecule has 1 N–H and O–H groups in total. The number of thioether (sulfide) groups is 1. The third-order valence-corrected chi connectivity index (χ3v) is 6.02. The van der Waals surface area contributed by atoms with E-state index in [1.807, 2.05) is 6.08 Å². The Morgan fingerprint density at radius 1 is 1.43 bits per heavy atom. The van der Waals surface area contributed by atoms with Crippen LogP contribution in [0.4, 0.5) is 13.2 Å². The van der Waals surface area contributed by atoms with Gasteiger partial charge in [-0.25, -0.2) is 4.39 Å². The molecule has 2 aliphatic carbocycles. The van der Waals surface area contributed by atoms with Gasteiger partial charge in [0.2, 0.25) is 0 Å². The number of aliphatic hydroxyl groups excluding tert-OH is 1. The van der Waals surface area contributed by atoms with Gasteiger partial charge in [-0.2, -0.15) is 8.78 Å². The van der Waals surface area contributed by atoms with Gasteiger partial charge in [0, 0.05) is 15.7 Å². The van der Waals surface area contributed by atoms with Crippen LogP contribution >= 0.6 is 27.7 Å². The first-order valence-corrected chi connectivity index (χ1v) is 8.72. The minimum Gasteiger partial charge on any atom is -0.488 e. The van der Waals surface area contributed by atoms with Gasteiger partial charge in [-0.1, -0.05) is 45.9 Å². The van der Waals surface area contributed by atoms with Crippen molar-refractivity contribution in [3.63, 3.8) is 0 Å². The summed E-state index contributed by atoms with van der Waals surface area (Å²) in [7, 11) is 0. The lowest BCUT2D eigenvalue weighted by Crippen LogP contribution is -2.32. The predicted molar refractivity (Wildman–Crippen MR) is 87.9 cm³/mol. The van der Waals surface area contributed by atoms with Gasteiger partial charge < -0.3 is 9.84 Å². The monoisotopic (exact) mass is 406 g/mol. The number of rotatable bonds is 3. The lowest BCUT2D eigenvalue weighted by atomic mass is 9.94. The minimum absolute atomic E-state index is 0.150. The van der Waals surface area contributed by atoms with Crippen molar-refractivity contribution >= 4 is 27.7 Å². The Kier molecular flexibility index (Phi) is 4.80. The highest BCUT2D eigenvalue weighted by atomic mass is 79.9. The summed E-state index contributed by atoms with van der Waals surface area (Å²) in [5.74, 6) is -0.705. The molecule has 0 amide bonds. The van der Waals surface area contributed by atoms with E-state index < -0.39 is 22.5 Å². The van der Waals surface area contributed by atoms with E-state index in [0.717, 1.165) is 5.57 Å². The molecule has 0 aromatic rings. The number of alkyl halides is 2. The maximum Gasteiger partial charge on any atom is 0.320 e. The number of hydrogen-bond acceptors (Lipinski definition) is 3. The molecule has 0 spiro atoms. The minimum atomic E-state index is -3.18. The molecule has 0 aromatic heterocycles. The first-order chi connectivity index (χ1) is 10.9.